The van der Waals surface area contributed by atoms with Gasteiger partial charge in [0, 0.05) is 51.1 Å². The van der Waals surface area contributed by atoms with Gasteiger partial charge in [-0.1, -0.05) is 25.1 Å². The van der Waals surface area contributed by atoms with Gasteiger partial charge in [0.25, 0.3) is 0 Å². The Morgan fingerprint density at radius 1 is 1.29 bits per heavy atom. The zero-order chi connectivity index (χ0) is 16.9. The molecular formula is C19H29N3O2. The molecule has 0 aromatic heterocycles. The fraction of sp³-hybridized carbons (Fsp3) is 0.632. The van der Waals surface area contributed by atoms with Crippen molar-refractivity contribution >= 4 is 11.6 Å². The summed E-state index contributed by atoms with van der Waals surface area (Å²) in [5.74, 6) is 0.141. The number of rotatable bonds is 4. The third-order valence-corrected chi connectivity index (χ3v) is 5.18. The molecule has 0 radical (unpaired) electrons. The molecule has 2 heterocycles. The Bertz CT molecular complexity index is 557. The van der Waals surface area contributed by atoms with Crippen molar-refractivity contribution in [2.75, 3.05) is 38.3 Å². The van der Waals surface area contributed by atoms with Gasteiger partial charge < -0.3 is 15.0 Å². The fourth-order valence-electron chi connectivity index (χ4n) is 3.77. The molecule has 1 unspecified atom stereocenters. The van der Waals surface area contributed by atoms with Gasteiger partial charge in [0.1, 0.15) is 0 Å². The predicted molar refractivity (Wildman–Crippen MR) is 96.2 cm³/mol. The van der Waals surface area contributed by atoms with Crippen LogP contribution in [0.15, 0.2) is 24.3 Å². The number of fused-ring (bicyclic) bond motifs is 1. The van der Waals surface area contributed by atoms with Crippen LogP contribution in [-0.2, 0) is 16.1 Å². The van der Waals surface area contributed by atoms with Crippen LogP contribution < -0.4 is 10.2 Å². The topological polar surface area (TPSA) is 44.8 Å². The van der Waals surface area contributed by atoms with Crippen LogP contribution in [0.2, 0.25) is 0 Å². The maximum Gasteiger partial charge on any atom is 0.234 e. The van der Waals surface area contributed by atoms with Crippen LogP contribution in [0.3, 0.4) is 0 Å². The average Bonchev–Trinajstić information content (AvgIpc) is 2.72. The first-order valence-corrected chi connectivity index (χ1v) is 9.07. The highest BCUT2D eigenvalue weighted by Crippen LogP contribution is 2.26. The average molecular weight is 331 g/mol. The zero-order valence-electron chi connectivity index (χ0n) is 14.8. The molecule has 5 heteroatoms. The van der Waals surface area contributed by atoms with Gasteiger partial charge in [0.15, 0.2) is 0 Å². The Hall–Kier alpha value is -1.59. The first-order chi connectivity index (χ1) is 11.7. The SMILES string of the molecule is CCC1CN(C)c2ccccc2CN1CC(=O)NC1CCOCC1. The number of hydrogen-bond acceptors (Lipinski definition) is 4. The van der Waals surface area contributed by atoms with E-state index in [9.17, 15) is 4.79 Å². The second-order valence-corrected chi connectivity index (χ2v) is 6.93. The van der Waals surface area contributed by atoms with E-state index in [1.54, 1.807) is 0 Å². The molecule has 1 aromatic carbocycles. The van der Waals surface area contributed by atoms with Gasteiger partial charge in [-0.25, -0.2) is 0 Å². The first kappa shape index (κ1) is 17.2. The van der Waals surface area contributed by atoms with Gasteiger partial charge in [0.05, 0.1) is 6.54 Å². The highest BCUT2D eigenvalue weighted by atomic mass is 16.5. The van der Waals surface area contributed by atoms with Crippen LogP contribution >= 0.6 is 0 Å². The summed E-state index contributed by atoms with van der Waals surface area (Å²) in [4.78, 5) is 17.2. The lowest BCUT2D eigenvalue weighted by molar-refractivity contribution is -0.124. The molecule has 132 valence electrons. The lowest BCUT2D eigenvalue weighted by Gasteiger charge is -2.31. The van der Waals surface area contributed by atoms with Crippen molar-refractivity contribution < 1.29 is 9.53 Å². The minimum atomic E-state index is 0.141. The number of nitrogens with zero attached hydrogens (tertiary/aromatic N) is 2. The fourth-order valence-corrected chi connectivity index (χ4v) is 3.77. The van der Waals surface area contributed by atoms with Crippen LogP contribution in [0, 0.1) is 0 Å². The van der Waals surface area contributed by atoms with Crippen LogP contribution in [0.5, 0.6) is 0 Å². The highest BCUT2D eigenvalue weighted by Gasteiger charge is 2.27. The second-order valence-electron chi connectivity index (χ2n) is 6.93. The summed E-state index contributed by atoms with van der Waals surface area (Å²) in [6, 6.07) is 9.18. The number of likely N-dealkylation sites (N-methyl/N-ethyl adjacent to an activating group) is 1. The molecule has 2 aliphatic heterocycles. The van der Waals surface area contributed by atoms with Crippen LogP contribution in [0.1, 0.15) is 31.7 Å². The second kappa shape index (κ2) is 7.99. The summed E-state index contributed by atoms with van der Waals surface area (Å²) in [7, 11) is 2.15. The maximum absolute atomic E-state index is 12.5. The van der Waals surface area contributed by atoms with Crippen LogP contribution in [0.4, 0.5) is 5.69 Å². The van der Waals surface area contributed by atoms with Crippen LogP contribution in [-0.4, -0.2) is 56.2 Å². The molecule has 1 fully saturated rings. The Morgan fingerprint density at radius 3 is 2.79 bits per heavy atom. The van der Waals surface area contributed by atoms with E-state index in [1.165, 1.54) is 11.3 Å². The number of amides is 1. The Balaban J connectivity index is 1.67. The van der Waals surface area contributed by atoms with E-state index in [4.69, 9.17) is 4.74 Å². The number of nitrogens with one attached hydrogen (secondary N) is 1. The molecule has 5 nitrogen and oxygen atoms in total. The van der Waals surface area contributed by atoms with Crippen molar-refractivity contribution in [2.24, 2.45) is 0 Å². The molecule has 1 atom stereocenters. The number of carbonyl (C=O) groups excluding carboxylic acids is 1. The van der Waals surface area contributed by atoms with Gasteiger partial charge in [-0.2, -0.15) is 0 Å². The van der Waals surface area contributed by atoms with Crippen LogP contribution in [0.25, 0.3) is 0 Å². The molecule has 1 N–H and O–H groups in total. The van der Waals surface area contributed by atoms with Crippen molar-refractivity contribution in [1.29, 1.82) is 0 Å². The van der Waals surface area contributed by atoms with E-state index in [1.807, 2.05) is 0 Å². The first-order valence-electron chi connectivity index (χ1n) is 9.07. The Labute approximate surface area is 145 Å². The molecule has 3 rings (SSSR count). The third kappa shape index (κ3) is 4.08. The van der Waals surface area contributed by atoms with Crippen molar-refractivity contribution in [3.05, 3.63) is 29.8 Å². The Morgan fingerprint density at radius 2 is 2.04 bits per heavy atom. The van der Waals surface area contributed by atoms with E-state index in [0.717, 1.165) is 45.6 Å². The van der Waals surface area contributed by atoms with Crippen molar-refractivity contribution in [1.82, 2.24) is 10.2 Å². The lowest BCUT2D eigenvalue weighted by Crippen LogP contribution is -2.48. The minimum Gasteiger partial charge on any atom is -0.381 e. The summed E-state index contributed by atoms with van der Waals surface area (Å²) >= 11 is 0. The third-order valence-electron chi connectivity index (χ3n) is 5.18. The van der Waals surface area contributed by atoms with Gasteiger partial charge in [-0.3, -0.25) is 9.69 Å². The summed E-state index contributed by atoms with van der Waals surface area (Å²) in [5.41, 5.74) is 2.58. The Kier molecular flexibility index (Phi) is 5.74. The number of para-hydroxylation sites is 1. The lowest BCUT2D eigenvalue weighted by atomic mass is 10.1. The number of ether oxygens (including phenoxy) is 1. The molecule has 1 aromatic rings. The van der Waals surface area contributed by atoms with Gasteiger partial charge in [-0.05, 0) is 30.9 Å². The van der Waals surface area contributed by atoms with Crippen molar-refractivity contribution in [2.45, 2.75) is 44.8 Å². The van der Waals surface area contributed by atoms with E-state index in [0.29, 0.717) is 12.6 Å². The highest BCUT2D eigenvalue weighted by molar-refractivity contribution is 5.78. The molecule has 24 heavy (non-hydrogen) atoms. The zero-order valence-corrected chi connectivity index (χ0v) is 14.8. The van der Waals surface area contributed by atoms with Gasteiger partial charge in [-0.15, -0.1) is 0 Å². The standard InChI is InChI=1S/C19H29N3O2/c1-3-17-13-21(2)18-7-5-4-6-15(18)12-22(17)14-19(23)20-16-8-10-24-11-9-16/h4-7,16-17H,3,8-14H2,1-2H3,(H,20,23). The summed E-state index contributed by atoms with van der Waals surface area (Å²) < 4.78 is 5.37. The number of benzene rings is 1. The summed E-state index contributed by atoms with van der Waals surface area (Å²) in [6.07, 6.45) is 2.89. The summed E-state index contributed by atoms with van der Waals surface area (Å²) in [6.45, 7) is 5.98. The molecule has 0 bridgehead atoms. The minimum absolute atomic E-state index is 0.141. The van der Waals surface area contributed by atoms with Crippen molar-refractivity contribution in [3.63, 3.8) is 0 Å². The molecule has 1 amide bonds. The number of anilines is 1. The van der Waals surface area contributed by atoms with E-state index in [2.05, 4.69) is 53.4 Å². The smallest absolute Gasteiger partial charge is 0.234 e. The molecular weight excluding hydrogens is 302 g/mol. The van der Waals surface area contributed by atoms with E-state index in [-0.39, 0.29) is 11.9 Å². The molecule has 1 saturated heterocycles. The predicted octanol–water partition coefficient (Wildman–Crippen LogP) is 2.01. The van der Waals surface area contributed by atoms with E-state index >= 15 is 0 Å². The monoisotopic (exact) mass is 331 g/mol. The normalized spacial score (nSPS) is 22.8. The number of carbonyl (C=O) groups is 1. The van der Waals surface area contributed by atoms with Crippen molar-refractivity contribution in [3.8, 4) is 0 Å². The molecule has 0 saturated carbocycles. The van der Waals surface area contributed by atoms with E-state index < -0.39 is 0 Å². The van der Waals surface area contributed by atoms with Gasteiger partial charge in [0.2, 0.25) is 5.91 Å². The van der Waals surface area contributed by atoms with Gasteiger partial charge >= 0.3 is 0 Å². The molecule has 0 aliphatic carbocycles. The molecule has 2 aliphatic rings. The maximum atomic E-state index is 12.5. The largest absolute Gasteiger partial charge is 0.381 e. The number of hydrogen-bond donors (Lipinski definition) is 1. The quantitative estimate of drug-likeness (QED) is 0.917. The summed E-state index contributed by atoms with van der Waals surface area (Å²) in [5, 5.41) is 3.19. The molecule has 0 spiro atoms.